The fourth-order valence-electron chi connectivity index (χ4n) is 1.85. The predicted molar refractivity (Wildman–Crippen MR) is 87.7 cm³/mol. The van der Waals surface area contributed by atoms with Crippen LogP contribution in [0, 0.1) is 0 Å². The fraction of sp³-hybridized carbons (Fsp3) is 0.176. The molecule has 2 rings (SSSR count). The number of carbonyl (C=O) groups excluding carboxylic acids is 1. The van der Waals surface area contributed by atoms with E-state index in [0.29, 0.717) is 24.1 Å². The van der Waals surface area contributed by atoms with Gasteiger partial charge in [0.15, 0.2) is 0 Å². The Morgan fingerprint density at radius 1 is 1.36 bits per heavy atom. The molecule has 0 spiro atoms. The predicted octanol–water partition coefficient (Wildman–Crippen LogP) is 3.46. The number of pyridine rings is 1. The number of nitrogens with zero attached hydrogens (tertiary/aromatic N) is 1. The maximum atomic E-state index is 11.9. The number of rotatable bonds is 6. The summed E-state index contributed by atoms with van der Waals surface area (Å²) in [7, 11) is 0. The first-order valence-electron chi connectivity index (χ1n) is 6.97. The largest absolute Gasteiger partial charge is 0.478 e. The van der Waals surface area contributed by atoms with Crippen molar-refractivity contribution in [2.45, 2.75) is 13.5 Å². The second-order valence-electron chi connectivity index (χ2n) is 4.51. The smallest absolute Gasteiger partial charge is 0.244 e. The van der Waals surface area contributed by atoms with Gasteiger partial charge in [0.05, 0.1) is 6.61 Å². The first kappa shape index (κ1) is 16.0. The third kappa shape index (κ3) is 4.90. The molecule has 22 heavy (non-hydrogen) atoms. The molecule has 1 aromatic carbocycles. The van der Waals surface area contributed by atoms with Crippen molar-refractivity contribution in [3.8, 4) is 5.88 Å². The van der Waals surface area contributed by atoms with Crippen molar-refractivity contribution in [3.63, 3.8) is 0 Å². The molecule has 1 aromatic heterocycles. The van der Waals surface area contributed by atoms with Crippen LogP contribution in [0.2, 0.25) is 5.02 Å². The first-order chi connectivity index (χ1) is 10.7. The van der Waals surface area contributed by atoms with Crippen LogP contribution in [0.4, 0.5) is 0 Å². The van der Waals surface area contributed by atoms with Crippen molar-refractivity contribution >= 4 is 23.6 Å². The SMILES string of the molecule is CCOc1ncccc1CNC(=O)/C=C/c1cccc(Cl)c1. The van der Waals surface area contributed by atoms with Gasteiger partial charge in [0.25, 0.3) is 0 Å². The van der Waals surface area contributed by atoms with Gasteiger partial charge in [-0.15, -0.1) is 0 Å². The zero-order chi connectivity index (χ0) is 15.8. The minimum absolute atomic E-state index is 0.189. The summed E-state index contributed by atoms with van der Waals surface area (Å²) in [5, 5.41) is 3.44. The molecule has 0 atom stereocenters. The molecule has 5 heteroatoms. The topological polar surface area (TPSA) is 51.2 Å². The lowest BCUT2D eigenvalue weighted by Gasteiger charge is -2.08. The van der Waals surface area contributed by atoms with E-state index >= 15 is 0 Å². The zero-order valence-electron chi connectivity index (χ0n) is 12.3. The van der Waals surface area contributed by atoms with Crippen molar-refractivity contribution in [1.82, 2.24) is 10.3 Å². The van der Waals surface area contributed by atoms with Crippen LogP contribution in [0.25, 0.3) is 6.08 Å². The summed E-state index contributed by atoms with van der Waals surface area (Å²) >= 11 is 5.89. The van der Waals surface area contributed by atoms with Crippen LogP contribution in [0.15, 0.2) is 48.7 Å². The molecule has 114 valence electrons. The Labute approximate surface area is 134 Å². The van der Waals surface area contributed by atoms with Crippen molar-refractivity contribution in [3.05, 3.63) is 64.8 Å². The summed E-state index contributed by atoms with van der Waals surface area (Å²) in [6.45, 7) is 2.79. The Hall–Kier alpha value is -2.33. The van der Waals surface area contributed by atoms with Gasteiger partial charge in [-0.05, 0) is 36.8 Å². The van der Waals surface area contributed by atoms with E-state index in [9.17, 15) is 4.79 Å². The molecule has 0 unspecified atom stereocenters. The molecule has 2 aromatic rings. The third-order valence-corrected chi connectivity index (χ3v) is 3.10. The van der Waals surface area contributed by atoms with Gasteiger partial charge < -0.3 is 10.1 Å². The molecule has 1 heterocycles. The monoisotopic (exact) mass is 316 g/mol. The fourth-order valence-corrected chi connectivity index (χ4v) is 2.05. The Bertz CT molecular complexity index is 671. The highest BCUT2D eigenvalue weighted by Crippen LogP contribution is 2.14. The Morgan fingerprint density at radius 2 is 2.23 bits per heavy atom. The van der Waals surface area contributed by atoms with E-state index in [0.717, 1.165) is 11.1 Å². The molecule has 0 aliphatic rings. The molecule has 4 nitrogen and oxygen atoms in total. The lowest BCUT2D eigenvalue weighted by molar-refractivity contribution is -0.116. The average Bonchev–Trinajstić information content (AvgIpc) is 2.52. The molecular weight excluding hydrogens is 300 g/mol. The van der Waals surface area contributed by atoms with E-state index < -0.39 is 0 Å². The van der Waals surface area contributed by atoms with E-state index in [1.807, 2.05) is 31.2 Å². The molecule has 0 saturated heterocycles. The van der Waals surface area contributed by atoms with Crippen LogP contribution < -0.4 is 10.1 Å². The number of benzene rings is 1. The number of amides is 1. The highest BCUT2D eigenvalue weighted by Gasteiger charge is 2.04. The van der Waals surface area contributed by atoms with Gasteiger partial charge >= 0.3 is 0 Å². The van der Waals surface area contributed by atoms with E-state index in [4.69, 9.17) is 16.3 Å². The first-order valence-corrected chi connectivity index (χ1v) is 7.35. The van der Waals surface area contributed by atoms with Crippen LogP contribution >= 0.6 is 11.6 Å². The average molecular weight is 317 g/mol. The maximum absolute atomic E-state index is 11.9. The molecule has 0 radical (unpaired) electrons. The number of aromatic nitrogens is 1. The van der Waals surface area contributed by atoms with Gasteiger partial charge in [-0.1, -0.05) is 29.8 Å². The van der Waals surface area contributed by atoms with E-state index in [2.05, 4.69) is 10.3 Å². The van der Waals surface area contributed by atoms with Crippen LogP contribution in [0.5, 0.6) is 5.88 Å². The van der Waals surface area contributed by atoms with Gasteiger partial charge in [0.2, 0.25) is 11.8 Å². The van der Waals surface area contributed by atoms with Crippen molar-refractivity contribution in [2.24, 2.45) is 0 Å². The van der Waals surface area contributed by atoms with Gasteiger partial charge in [-0.25, -0.2) is 4.98 Å². The van der Waals surface area contributed by atoms with E-state index in [1.165, 1.54) is 6.08 Å². The van der Waals surface area contributed by atoms with Gasteiger partial charge in [0.1, 0.15) is 0 Å². The zero-order valence-corrected chi connectivity index (χ0v) is 13.0. The Morgan fingerprint density at radius 3 is 3.00 bits per heavy atom. The molecule has 0 fully saturated rings. The number of halogens is 1. The molecule has 0 aliphatic carbocycles. The number of carbonyl (C=O) groups is 1. The highest BCUT2D eigenvalue weighted by molar-refractivity contribution is 6.30. The van der Waals surface area contributed by atoms with Crippen LogP contribution in [0.1, 0.15) is 18.1 Å². The van der Waals surface area contributed by atoms with Crippen molar-refractivity contribution in [1.29, 1.82) is 0 Å². The molecule has 0 aliphatic heterocycles. The second kappa shape index (κ2) is 8.20. The van der Waals surface area contributed by atoms with Crippen molar-refractivity contribution < 1.29 is 9.53 Å². The summed E-state index contributed by atoms with van der Waals surface area (Å²) in [4.78, 5) is 16.0. The normalized spacial score (nSPS) is 10.6. The lowest BCUT2D eigenvalue weighted by Crippen LogP contribution is -2.20. The molecular formula is C17H17ClN2O2. The van der Waals surface area contributed by atoms with Crippen LogP contribution in [-0.2, 0) is 11.3 Å². The second-order valence-corrected chi connectivity index (χ2v) is 4.94. The summed E-state index contributed by atoms with van der Waals surface area (Å²) in [6, 6.07) is 11.0. The quantitative estimate of drug-likeness (QED) is 0.830. The van der Waals surface area contributed by atoms with E-state index in [1.54, 1.807) is 24.4 Å². The summed E-state index contributed by atoms with van der Waals surface area (Å²) in [5.41, 5.74) is 1.72. The molecule has 1 amide bonds. The van der Waals surface area contributed by atoms with Crippen LogP contribution in [0.3, 0.4) is 0 Å². The van der Waals surface area contributed by atoms with Gasteiger partial charge in [0, 0.05) is 29.4 Å². The molecule has 1 N–H and O–H groups in total. The lowest BCUT2D eigenvalue weighted by atomic mass is 10.2. The number of nitrogens with one attached hydrogen (secondary N) is 1. The third-order valence-electron chi connectivity index (χ3n) is 2.86. The standard InChI is InChI=1S/C17H17ClN2O2/c1-2-22-17-14(6-4-10-19-17)12-20-16(21)9-8-13-5-3-7-15(18)11-13/h3-11H,2,12H2,1H3,(H,20,21)/b9-8+. The minimum Gasteiger partial charge on any atom is -0.478 e. The minimum atomic E-state index is -0.189. The highest BCUT2D eigenvalue weighted by atomic mass is 35.5. The Kier molecular flexibility index (Phi) is 5.98. The number of hydrogen-bond donors (Lipinski definition) is 1. The summed E-state index contributed by atoms with van der Waals surface area (Å²) in [5.74, 6) is 0.357. The number of hydrogen-bond acceptors (Lipinski definition) is 3. The maximum Gasteiger partial charge on any atom is 0.244 e. The van der Waals surface area contributed by atoms with Crippen LogP contribution in [-0.4, -0.2) is 17.5 Å². The Balaban J connectivity index is 1.93. The van der Waals surface area contributed by atoms with Gasteiger partial charge in [-0.2, -0.15) is 0 Å². The van der Waals surface area contributed by atoms with Gasteiger partial charge in [-0.3, -0.25) is 4.79 Å². The molecule has 0 bridgehead atoms. The van der Waals surface area contributed by atoms with E-state index in [-0.39, 0.29) is 5.91 Å². The van der Waals surface area contributed by atoms with Crippen molar-refractivity contribution in [2.75, 3.05) is 6.61 Å². The molecule has 0 saturated carbocycles. The number of ether oxygens (including phenoxy) is 1. The summed E-state index contributed by atoms with van der Waals surface area (Å²) < 4.78 is 5.42. The summed E-state index contributed by atoms with van der Waals surface area (Å²) in [6.07, 6.45) is 4.85.